The number of carbonyl (C=O) groups is 1. The Hall–Kier alpha value is -1.60. The van der Waals surface area contributed by atoms with Gasteiger partial charge in [0.05, 0.1) is 4.88 Å². The Bertz CT molecular complexity index is 612. The van der Waals surface area contributed by atoms with E-state index < -0.39 is 5.54 Å². The molecule has 20 heavy (non-hydrogen) atoms. The van der Waals surface area contributed by atoms with Crippen molar-refractivity contribution in [1.29, 1.82) is 0 Å². The van der Waals surface area contributed by atoms with Gasteiger partial charge in [-0.2, -0.15) is 0 Å². The maximum atomic E-state index is 12.4. The molecule has 0 radical (unpaired) electrons. The fraction of sp³-hybridized carbons (Fsp3) is 0.385. The normalized spacial score (nSPS) is 12.8. The van der Waals surface area contributed by atoms with Gasteiger partial charge in [0.1, 0.15) is 5.54 Å². The lowest BCUT2D eigenvalue weighted by molar-refractivity contribution is 0.0922. The van der Waals surface area contributed by atoms with Crippen LogP contribution in [0, 0.1) is 0 Å². The van der Waals surface area contributed by atoms with Crippen LogP contribution in [-0.2, 0) is 0 Å². The van der Waals surface area contributed by atoms with Gasteiger partial charge in [-0.1, -0.05) is 19.0 Å². The predicted octanol–water partition coefficient (Wildman–Crippen LogP) is 3.00. The smallest absolute Gasteiger partial charge is 0.262 e. The molecule has 0 unspecified atom stereocenters. The minimum absolute atomic E-state index is 0.0363. The second-order valence-electron chi connectivity index (χ2n) is 4.49. The Kier molecular flexibility index (Phi) is 4.29. The lowest BCUT2D eigenvalue weighted by Gasteiger charge is -2.31. The highest BCUT2D eigenvalue weighted by Crippen LogP contribution is 2.30. The monoisotopic (exact) mass is 311 g/mol. The largest absolute Gasteiger partial charge is 0.409 e. The Labute approximate surface area is 125 Å². The van der Waals surface area contributed by atoms with Gasteiger partial charge in [-0.25, -0.2) is 0 Å². The van der Waals surface area contributed by atoms with Crippen LogP contribution in [0.4, 0.5) is 0 Å². The van der Waals surface area contributed by atoms with E-state index in [-0.39, 0.29) is 11.7 Å². The second-order valence-corrected chi connectivity index (χ2v) is 6.52. The zero-order valence-electron chi connectivity index (χ0n) is 11.3. The van der Waals surface area contributed by atoms with E-state index in [9.17, 15) is 4.79 Å². The molecule has 0 saturated carbocycles. The van der Waals surface area contributed by atoms with Crippen LogP contribution in [0.2, 0.25) is 0 Å². The van der Waals surface area contributed by atoms with E-state index in [1.54, 1.807) is 11.3 Å². The van der Waals surface area contributed by atoms with Crippen LogP contribution in [0.25, 0.3) is 9.40 Å². The van der Waals surface area contributed by atoms with Crippen molar-refractivity contribution >= 4 is 43.8 Å². The molecule has 0 saturated heterocycles. The highest BCUT2D eigenvalue weighted by Gasteiger charge is 2.33. The summed E-state index contributed by atoms with van der Waals surface area (Å²) in [6.45, 7) is 3.80. The van der Waals surface area contributed by atoms with Gasteiger partial charge in [0, 0.05) is 9.40 Å². The van der Waals surface area contributed by atoms with Gasteiger partial charge in [-0.3, -0.25) is 4.79 Å². The third kappa shape index (κ3) is 2.51. The molecule has 0 bridgehead atoms. The third-order valence-electron chi connectivity index (χ3n) is 3.52. The van der Waals surface area contributed by atoms with Gasteiger partial charge >= 0.3 is 0 Å². The number of fused-ring (bicyclic) bond motifs is 1. The average molecular weight is 311 g/mol. The van der Waals surface area contributed by atoms with Crippen molar-refractivity contribution in [1.82, 2.24) is 5.32 Å². The number of hydrogen-bond acceptors (Lipinski definition) is 5. The molecule has 0 atom stereocenters. The SMILES string of the molecule is CCC(CC)(NC(=O)c1cc2sccc2s1)/C(N)=N/O. The van der Waals surface area contributed by atoms with Crippen molar-refractivity contribution < 1.29 is 10.0 Å². The number of amides is 1. The molecule has 108 valence electrons. The summed E-state index contributed by atoms with van der Waals surface area (Å²) in [5, 5.41) is 16.9. The van der Waals surface area contributed by atoms with Gasteiger partial charge in [-0.15, -0.1) is 22.7 Å². The lowest BCUT2D eigenvalue weighted by Crippen LogP contribution is -2.56. The third-order valence-corrected chi connectivity index (χ3v) is 5.61. The van der Waals surface area contributed by atoms with Crippen molar-refractivity contribution in [3.63, 3.8) is 0 Å². The molecular weight excluding hydrogens is 294 g/mol. The molecule has 0 aromatic carbocycles. The van der Waals surface area contributed by atoms with E-state index >= 15 is 0 Å². The Morgan fingerprint density at radius 1 is 1.45 bits per heavy atom. The summed E-state index contributed by atoms with van der Waals surface area (Å²) in [6, 6.07) is 3.88. The maximum absolute atomic E-state index is 12.4. The molecule has 2 rings (SSSR count). The van der Waals surface area contributed by atoms with Gasteiger partial charge in [-0.05, 0) is 30.4 Å². The van der Waals surface area contributed by atoms with Gasteiger partial charge in [0.15, 0.2) is 5.84 Å². The number of nitrogens with zero attached hydrogens (tertiary/aromatic N) is 1. The number of amidine groups is 1. The molecule has 1 amide bonds. The van der Waals surface area contributed by atoms with Crippen LogP contribution in [0.15, 0.2) is 22.7 Å². The number of oxime groups is 1. The first kappa shape index (κ1) is 14.8. The Morgan fingerprint density at radius 2 is 2.15 bits per heavy atom. The summed E-state index contributed by atoms with van der Waals surface area (Å²) in [4.78, 5) is 13.0. The number of nitrogens with one attached hydrogen (secondary N) is 1. The first-order valence-corrected chi connectivity index (χ1v) is 8.03. The minimum atomic E-state index is -0.802. The molecule has 0 aliphatic carbocycles. The van der Waals surface area contributed by atoms with Crippen LogP contribution in [-0.4, -0.2) is 22.5 Å². The highest BCUT2D eigenvalue weighted by molar-refractivity contribution is 7.27. The van der Waals surface area contributed by atoms with E-state index in [0.29, 0.717) is 17.7 Å². The number of thiophene rings is 2. The molecule has 2 aromatic rings. The summed E-state index contributed by atoms with van der Waals surface area (Å²) in [5.41, 5.74) is 4.94. The van der Waals surface area contributed by atoms with Crippen molar-refractivity contribution in [2.75, 3.05) is 0 Å². The predicted molar refractivity (Wildman–Crippen MR) is 83.9 cm³/mol. The highest BCUT2D eigenvalue weighted by atomic mass is 32.1. The van der Waals surface area contributed by atoms with E-state index in [4.69, 9.17) is 10.9 Å². The van der Waals surface area contributed by atoms with Crippen molar-refractivity contribution in [3.05, 3.63) is 22.4 Å². The van der Waals surface area contributed by atoms with Crippen molar-refractivity contribution in [2.45, 2.75) is 32.2 Å². The van der Waals surface area contributed by atoms with Crippen LogP contribution in [0.5, 0.6) is 0 Å². The number of hydrogen-bond donors (Lipinski definition) is 3. The average Bonchev–Trinajstić information content (AvgIpc) is 3.05. The van der Waals surface area contributed by atoms with Crippen molar-refractivity contribution in [2.24, 2.45) is 10.9 Å². The van der Waals surface area contributed by atoms with Gasteiger partial charge < -0.3 is 16.3 Å². The number of rotatable bonds is 5. The molecular formula is C13H17N3O2S2. The summed E-state index contributed by atoms with van der Waals surface area (Å²) >= 11 is 3.06. The summed E-state index contributed by atoms with van der Waals surface area (Å²) in [5.74, 6) is -0.150. The van der Waals surface area contributed by atoms with E-state index in [2.05, 4.69) is 10.5 Å². The molecule has 0 aliphatic heterocycles. The van der Waals surface area contributed by atoms with Crippen LogP contribution in [0.1, 0.15) is 36.4 Å². The maximum Gasteiger partial charge on any atom is 0.262 e. The first-order chi connectivity index (χ1) is 9.56. The summed E-state index contributed by atoms with van der Waals surface area (Å²) < 4.78 is 2.20. The van der Waals surface area contributed by atoms with Gasteiger partial charge in [0.2, 0.25) is 0 Å². The number of nitrogens with two attached hydrogens (primary N) is 1. The van der Waals surface area contributed by atoms with E-state index in [1.807, 2.05) is 31.4 Å². The van der Waals surface area contributed by atoms with Crippen LogP contribution >= 0.6 is 22.7 Å². The summed E-state index contributed by atoms with van der Waals surface area (Å²) in [6.07, 6.45) is 1.12. The fourth-order valence-corrected chi connectivity index (χ4v) is 4.11. The zero-order chi connectivity index (χ0) is 14.8. The van der Waals surface area contributed by atoms with E-state index in [1.165, 1.54) is 11.3 Å². The van der Waals surface area contributed by atoms with Crippen molar-refractivity contribution in [3.8, 4) is 0 Å². The van der Waals surface area contributed by atoms with Crippen LogP contribution in [0.3, 0.4) is 0 Å². The molecule has 0 fully saturated rings. The first-order valence-electron chi connectivity index (χ1n) is 6.34. The molecule has 0 spiro atoms. The zero-order valence-corrected chi connectivity index (χ0v) is 13.0. The Balaban J connectivity index is 2.26. The fourth-order valence-electron chi connectivity index (χ4n) is 2.11. The standard InChI is InChI=1S/C13H17N3O2S2/c1-3-13(4-2,12(14)16-18)15-11(17)10-7-9-8(20-10)5-6-19-9/h5-7,18H,3-4H2,1-2H3,(H2,14,16)(H,15,17). The topological polar surface area (TPSA) is 87.7 Å². The molecule has 4 N–H and O–H groups in total. The molecule has 2 heterocycles. The second kappa shape index (κ2) is 5.80. The van der Waals surface area contributed by atoms with Gasteiger partial charge in [0.25, 0.3) is 5.91 Å². The Morgan fingerprint density at radius 3 is 2.70 bits per heavy atom. The molecule has 0 aliphatic rings. The summed E-state index contributed by atoms with van der Waals surface area (Å²) in [7, 11) is 0. The van der Waals surface area contributed by atoms with Crippen LogP contribution < -0.4 is 11.1 Å². The lowest BCUT2D eigenvalue weighted by atomic mass is 9.91. The molecule has 7 heteroatoms. The quantitative estimate of drug-likeness (QED) is 0.343. The van der Waals surface area contributed by atoms with E-state index in [0.717, 1.165) is 9.40 Å². The minimum Gasteiger partial charge on any atom is -0.409 e. The molecule has 2 aromatic heterocycles. The molecule has 5 nitrogen and oxygen atoms in total. The number of carbonyl (C=O) groups excluding carboxylic acids is 1.